The highest BCUT2D eigenvalue weighted by atomic mass is 35.5. The van der Waals surface area contributed by atoms with Crippen molar-refractivity contribution in [2.75, 3.05) is 18.5 Å². The van der Waals surface area contributed by atoms with Crippen molar-refractivity contribution in [2.24, 2.45) is 0 Å². The van der Waals surface area contributed by atoms with Crippen molar-refractivity contribution in [3.05, 3.63) is 26.9 Å². The molecule has 0 radical (unpaired) electrons. The lowest BCUT2D eigenvalue weighted by atomic mass is 10.2. The molecule has 1 aliphatic heterocycles. The Morgan fingerprint density at radius 3 is 2.77 bits per heavy atom. The highest BCUT2D eigenvalue weighted by molar-refractivity contribution is 8.04. The molecule has 31 heavy (non-hydrogen) atoms. The zero-order valence-corrected chi connectivity index (χ0v) is 20.5. The molecule has 2 aromatic heterocycles. The lowest BCUT2D eigenvalue weighted by molar-refractivity contribution is -0.119. The fourth-order valence-corrected chi connectivity index (χ4v) is 8.25. The Morgan fingerprint density at radius 1 is 1.42 bits per heavy atom. The van der Waals surface area contributed by atoms with Crippen LogP contribution in [0.2, 0.25) is 4.34 Å². The number of esters is 1. The Balaban J connectivity index is 1.87. The molecule has 13 heteroatoms. The van der Waals surface area contributed by atoms with Gasteiger partial charge in [-0.25, -0.2) is 13.2 Å². The molecular weight excluding hydrogens is 502 g/mol. The number of thiocyanates is 1. The van der Waals surface area contributed by atoms with Gasteiger partial charge in [-0.15, -0.1) is 22.7 Å². The second-order valence-electron chi connectivity index (χ2n) is 6.45. The van der Waals surface area contributed by atoms with Gasteiger partial charge < -0.3 is 10.1 Å². The average Bonchev–Trinajstić information content (AvgIpc) is 3.44. The number of rotatable bonds is 7. The Hall–Kier alpha value is -1.62. The van der Waals surface area contributed by atoms with Crippen molar-refractivity contribution < 1.29 is 22.7 Å². The standard InChI is InChI=1S/C18H18ClN3O5S4/c1-3-27-18(24)15-10(2)14(28-9-20)17(30-15)21-16(23)11-5-4-8-22(11)31(25,26)13-7-6-12(19)29-13/h6-7,11H,3-5,8H2,1-2H3,(H,21,23). The zero-order valence-electron chi connectivity index (χ0n) is 16.5. The van der Waals surface area contributed by atoms with Crippen LogP contribution in [0.1, 0.15) is 35.0 Å². The van der Waals surface area contributed by atoms with Gasteiger partial charge in [0, 0.05) is 6.54 Å². The van der Waals surface area contributed by atoms with Crippen molar-refractivity contribution in [1.29, 1.82) is 5.26 Å². The molecule has 0 aliphatic carbocycles. The summed E-state index contributed by atoms with van der Waals surface area (Å²) in [6.07, 6.45) is 0.897. The van der Waals surface area contributed by atoms with Crippen LogP contribution in [-0.4, -0.2) is 43.8 Å². The van der Waals surface area contributed by atoms with Crippen LogP contribution in [0.5, 0.6) is 0 Å². The molecule has 3 heterocycles. The summed E-state index contributed by atoms with van der Waals surface area (Å²) in [5, 5.41) is 14.1. The van der Waals surface area contributed by atoms with E-state index in [2.05, 4.69) is 5.32 Å². The summed E-state index contributed by atoms with van der Waals surface area (Å²) < 4.78 is 32.6. The zero-order chi connectivity index (χ0) is 22.8. The Labute approximate surface area is 197 Å². The van der Waals surface area contributed by atoms with Gasteiger partial charge in [-0.1, -0.05) is 11.6 Å². The number of thiophene rings is 2. The van der Waals surface area contributed by atoms with E-state index in [1.807, 2.05) is 5.40 Å². The van der Waals surface area contributed by atoms with Crippen molar-refractivity contribution in [2.45, 2.75) is 41.8 Å². The van der Waals surface area contributed by atoms with E-state index >= 15 is 0 Å². The first kappa shape index (κ1) is 24.0. The maximum absolute atomic E-state index is 13.0. The molecular formula is C18H18ClN3O5S4. The Bertz CT molecular complexity index is 1150. The summed E-state index contributed by atoms with van der Waals surface area (Å²) in [5.74, 6) is -1.05. The van der Waals surface area contributed by atoms with Crippen LogP contribution in [-0.2, 0) is 19.6 Å². The summed E-state index contributed by atoms with van der Waals surface area (Å²) in [6, 6.07) is 2.02. The molecule has 1 amide bonds. The average molecular weight is 520 g/mol. The molecule has 2 aromatic rings. The maximum Gasteiger partial charge on any atom is 0.348 e. The van der Waals surface area contributed by atoms with Gasteiger partial charge >= 0.3 is 5.97 Å². The van der Waals surface area contributed by atoms with Crippen molar-refractivity contribution in [1.82, 2.24) is 4.31 Å². The van der Waals surface area contributed by atoms with E-state index in [1.165, 1.54) is 16.4 Å². The third-order valence-electron chi connectivity index (χ3n) is 4.55. The minimum absolute atomic E-state index is 0.0782. The van der Waals surface area contributed by atoms with Gasteiger partial charge in [-0.3, -0.25) is 4.79 Å². The molecule has 166 valence electrons. The number of ether oxygens (including phenoxy) is 1. The lowest BCUT2D eigenvalue weighted by Gasteiger charge is -2.22. The van der Waals surface area contributed by atoms with Gasteiger partial charge in [-0.05, 0) is 56.1 Å². The molecule has 1 N–H and O–H groups in total. The van der Waals surface area contributed by atoms with Gasteiger partial charge in [0.15, 0.2) is 0 Å². The highest BCUT2D eigenvalue weighted by Crippen LogP contribution is 2.41. The third kappa shape index (κ3) is 4.92. The predicted octanol–water partition coefficient (Wildman–Crippen LogP) is 4.31. The fourth-order valence-electron chi connectivity index (χ4n) is 3.18. The molecule has 1 aliphatic rings. The number of nitrogens with one attached hydrogen (secondary N) is 1. The van der Waals surface area contributed by atoms with Gasteiger partial charge in [0.25, 0.3) is 10.0 Å². The molecule has 0 saturated carbocycles. The van der Waals surface area contributed by atoms with E-state index in [0.717, 1.165) is 34.4 Å². The molecule has 3 rings (SSSR count). The summed E-state index contributed by atoms with van der Waals surface area (Å²) in [7, 11) is -3.87. The quantitative estimate of drug-likeness (QED) is 0.329. The topological polar surface area (TPSA) is 117 Å². The summed E-state index contributed by atoms with van der Waals surface area (Å²) in [5.41, 5.74) is 0.537. The first-order valence-electron chi connectivity index (χ1n) is 9.15. The number of nitrogens with zero attached hydrogens (tertiary/aromatic N) is 2. The van der Waals surface area contributed by atoms with E-state index in [4.69, 9.17) is 21.6 Å². The summed E-state index contributed by atoms with van der Waals surface area (Å²) in [4.78, 5) is 26.0. The van der Waals surface area contributed by atoms with Crippen molar-refractivity contribution in [3.63, 3.8) is 0 Å². The minimum atomic E-state index is -3.87. The van der Waals surface area contributed by atoms with Gasteiger partial charge in [0.1, 0.15) is 25.5 Å². The minimum Gasteiger partial charge on any atom is -0.462 e. The van der Waals surface area contributed by atoms with Crippen LogP contribution in [0.4, 0.5) is 5.00 Å². The van der Waals surface area contributed by atoms with Crippen LogP contribution in [0.3, 0.4) is 0 Å². The van der Waals surface area contributed by atoms with E-state index in [1.54, 1.807) is 13.8 Å². The predicted molar refractivity (Wildman–Crippen MR) is 121 cm³/mol. The number of anilines is 1. The Morgan fingerprint density at radius 2 is 2.16 bits per heavy atom. The molecule has 1 saturated heterocycles. The van der Waals surface area contributed by atoms with Gasteiger partial charge in [0.2, 0.25) is 5.91 Å². The van der Waals surface area contributed by atoms with E-state index in [0.29, 0.717) is 37.5 Å². The number of halogens is 1. The summed E-state index contributed by atoms with van der Waals surface area (Å²) >= 11 is 8.65. The number of sulfonamides is 1. The van der Waals surface area contributed by atoms with Gasteiger partial charge in [0.05, 0.1) is 15.8 Å². The maximum atomic E-state index is 13.0. The van der Waals surface area contributed by atoms with Crippen LogP contribution in [0, 0.1) is 17.6 Å². The molecule has 1 fully saturated rings. The second-order valence-corrected chi connectivity index (χ2v) is 12.1. The molecule has 0 spiro atoms. The summed E-state index contributed by atoms with van der Waals surface area (Å²) in [6.45, 7) is 3.77. The number of nitriles is 1. The number of thioether (sulfide) groups is 1. The highest BCUT2D eigenvalue weighted by Gasteiger charge is 2.40. The van der Waals surface area contributed by atoms with Crippen molar-refractivity contribution in [3.8, 4) is 5.40 Å². The monoisotopic (exact) mass is 519 g/mol. The van der Waals surface area contributed by atoms with Crippen LogP contribution >= 0.6 is 46.0 Å². The number of hydrogen-bond acceptors (Lipinski definition) is 9. The smallest absolute Gasteiger partial charge is 0.348 e. The molecule has 1 unspecified atom stereocenters. The number of hydrogen-bond donors (Lipinski definition) is 1. The fraction of sp³-hybridized carbons (Fsp3) is 0.389. The normalized spacial score (nSPS) is 16.8. The van der Waals surface area contributed by atoms with Crippen molar-refractivity contribution >= 4 is 72.9 Å². The first-order chi connectivity index (χ1) is 14.7. The van der Waals surface area contributed by atoms with E-state index in [-0.39, 0.29) is 17.4 Å². The van der Waals surface area contributed by atoms with E-state index in [9.17, 15) is 18.0 Å². The van der Waals surface area contributed by atoms with Gasteiger partial charge in [-0.2, -0.15) is 9.57 Å². The number of carbonyl (C=O) groups is 2. The third-order valence-corrected chi connectivity index (χ3v) is 10.3. The van der Waals surface area contributed by atoms with Crippen LogP contribution in [0.15, 0.2) is 21.2 Å². The van der Waals surface area contributed by atoms with Crippen LogP contribution in [0.25, 0.3) is 0 Å². The lowest BCUT2D eigenvalue weighted by Crippen LogP contribution is -2.42. The molecule has 0 aromatic carbocycles. The first-order valence-corrected chi connectivity index (χ1v) is 13.4. The second kappa shape index (κ2) is 9.89. The number of carbonyl (C=O) groups excluding carboxylic acids is 2. The molecule has 8 nitrogen and oxygen atoms in total. The van der Waals surface area contributed by atoms with Crippen LogP contribution < -0.4 is 5.32 Å². The molecule has 0 bridgehead atoms. The number of amides is 1. The SMILES string of the molecule is CCOC(=O)c1sc(NC(=O)C2CCCN2S(=O)(=O)c2ccc(Cl)s2)c(SC#N)c1C. The van der Waals surface area contributed by atoms with E-state index < -0.39 is 27.9 Å². The Kier molecular flexibility index (Phi) is 7.67. The molecule has 1 atom stereocenters. The largest absolute Gasteiger partial charge is 0.462 e.